The van der Waals surface area contributed by atoms with Gasteiger partial charge in [0.1, 0.15) is 12.4 Å². The first-order valence-corrected chi connectivity index (χ1v) is 6.05. The SMILES string of the molecule is CC(CC(=O)N1CCOC1=O)Nc1ccc(F)cc1. The van der Waals surface area contributed by atoms with E-state index in [-0.39, 0.29) is 30.8 Å². The second-order valence-corrected chi connectivity index (χ2v) is 4.42. The number of cyclic esters (lactones) is 1. The van der Waals surface area contributed by atoms with E-state index in [0.717, 1.165) is 10.6 Å². The Labute approximate surface area is 110 Å². The standard InChI is InChI=1S/C13H15FN2O3/c1-9(15-11-4-2-10(14)3-5-11)8-12(17)16-6-7-19-13(16)18/h2-5,9,15H,6-8H2,1H3. The fraction of sp³-hybridized carbons (Fsp3) is 0.385. The Kier molecular flexibility index (Phi) is 3.99. The van der Waals surface area contributed by atoms with Crippen molar-refractivity contribution in [2.75, 3.05) is 18.5 Å². The van der Waals surface area contributed by atoms with Gasteiger partial charge in [-0.2, -0.15) is 0 Å². The summed E-state index contributed by atoms with van der Waals surface area (Å²) in [6, 6.07) is 5.72. The van der Waals surface area contributed by atoms with Crippen molar-refractivity contribution in [3.63, 3.8) is 0 Å². The van der Waals surface area contributed by atoms with Crippen LogP contribution in [0.4, 0.5) is 14.9 Å². The summed E-state index contributed by atoms with van der Waals surface area (Å²) in [6.07, 6.45) is -0.411. The summed E-state index contributed by atoms with van der Waals surface area (Å²) in [6.45, 7) is 2.38. The molecule has 1 aliphatic rings. The van der Waals surface area contributed by atoms with E-state index < -0.39 is 6.09 Å². The second-order valence-electron chi connectivity index (χ2n) is 4.42. The molecule has 1 fully saturated rings. The van der Waals surface area contributed by atoms with Crippen LogP contribution in [0.25, 0.3) is 0 Å². The van der Waals surface area contributed by atoms with Crippen LogP contribution in [0.15, 0.2) is 24.3 Å². The number of hydrogen-bond donors (Lipinski definition) is 1. The van der Waals surface area contributed by atoms with Crippen molar-refractivity contribution in [1.29, 1.82) is 0 Å². The van der Waals surface area contributed by atoms with E-state index in [1.54, 1.807) is 12.1 Å². The normalized spacial score (nSPS) is 16.1. The maximum absolute atomic E-state index is 12.7. The van der Waals surface area contributed by atoms with Gasteiger partial charge in [0, 0.05) is 18.2 Å². The summed E-state index contributed by atoms with van der Waals surface area (Å²) in [4.78, 5) is 24.1. The van der Waals surface area contributed by atoms with Gasteiger partial charge in [0.25, 0.3) is 0 Å². The summed E-state index contributed by atoms with van der Waals surface area (Å²) in [5.41, 5.74) is 0.727. The van der Waals surface area contributed by atoms with Gasteiger partial charge < -0.3 is 10.1 Å². The molecule has 6 heteroatoms. The Morgan fingerprint density at radius 3 is 2.74 bits per heavy atom. The molecular formula is C13H15FN2O3. The molecule has 0 bridgehead atoms. The van der Waals surface area contributed by atoms with E-state index in [1.165, 1.54) is 12.1 Å². The average Bonchev–Trinajstić information content (AvgIpc) is 2.78. The lowest BCUT2D eigenvalue weighted by atomic mass is 10.2. The topological polar surface area (TPSA) is 58.6 Å². The van der Waals surface area contributed by atoms with Gasteiger partial charge in [0.2, 0.25) is 5.91 Å². The molecule has 1 aliphatic heterocycles. The summed E-state index contributed by atoms with van der Waals surface area (Å²) < 4.78 is 17.4. The number of nitrogens with zero attached hydrogens (tertiary/aromatic N) is 1. The smallest absolute Gasteiger partial charge is 0.416 e. The first-order chi connectivity index (χ1) is 9.06. The third kappa shape index (κ3) is 3.43. The number of carbonyl (C=O) groups excluding carboxylic acids is 2. The zero-order valence-corrected chi connectivity index (χ0v) is 10.6. The van der Waals surface area contributed by atoms with Gasteiger partial charge in [-0.05, 0) is 31.2 Å². The third-order valence-corrected chi connectivity index (χ3v) is 2.80. The van der Waals surface area contributed by atoms with E-state index in [9.17, 15) is 14.0 Å². The zero-order chi connectivity index (χ0) is 13.8. The molecule has 0 radical (unpaired) electrons. The Bertz CT molecular complexity index is 475. The molecule has 1 heterocycles. The van der Waals surface area contributed by atoms with E-state index >= 15 is 0 Å². The number of ether oxygens (including phenoxy) is 1. The van der Waals surface area contributed by atoms with Gasteiger partial charge in [-0.15, -0.1) is 0 Å². The van der Waals surface area contributed by atoms with Gasteiger partial charge in [-0.1, -0.05) is 0 Å². The maximum Gasteiger partial charge on any atom is 0.416 e. The van der Waals surface area contributed by atoms with Crippen molar-refractivity contribution in [3.8, 4) is 0 Å². The number of carbonyl (C=O) groups is 2. The van der Waals surface area contributed by atoms with Crippen molar-refractivity contribution in [1.82, 2.24) is 4.90 Å². The monoisotopic (exact) mass is 266 g/mol. The number of amides is 2. The largest absolute Gasteiger partial charge is 0.447 e. The third-order valence-electron chi connectivity index (χ3n) is 2.80. The summed E-state index contributed by atoms with van der Waals surface area (Å²) in [5.74, 6) is -0.585. The Morgan fingerprint density at radius 1 is 1.47 bits per heavy atom. The Morgan fingerprint density at radius 2 is 2.16 bits per heavy atom. The lowest BCUT2D eigenvalue weighted by molar-refractivity contribution is -0.127. The molecule has 0 aromatic heterocycles. The number of rotatable bonds is 4. The average molecular weight is 266 g/mol. The Balaban J connectivity index is 1.87. The van der Waals surface area contributed by atoms with Crippen molar-refractivity contribution in [3.05, 3.63) is 30.1 Å². The van der Waals surface area contributed by atoms with E-state index in [2.05, 4.69) is 5.32 Å². The number of anilines is 1. The van der Waals surface area contributed by atoms with E-state index in [4.69, 9.17) is 4.74 Å². The molecule has 1 aromatic rings. The minimum atomic E-state index is -0.584. The highest BCUT2D eigenvalue weighted by molar-refractivity contribution is 5.93. The number of halogens is 1. The first kappa shape index (κ1) is 13.3. The number of hydrogen-bond acceptors (Lipinski definition) is 4. The van der Waals surface area contributed by atoms with Crippen LogP contribution in [0.2, 0.25) is 0 Å². The van der Waals surface area contributed by atoms with Gasteiger partial charge >= 0.3 is 6.09 Å². The Hall–Kier alpha value is -2.11. The molecule has 1 saturated heterocycles. The van der Waals surface area contributed by atoms with Gasteiger partial charge in [0.05, 0.1) is 6.54 Å². The molecule has 0 saturated carbocycles. The molecule has 2 rings (SSSR count). The highest BCUT2D eigenvalue weighted by Crippen LogP contribution is 2.13. The molecule has 0 aliphatic carbocycles. The van der Waals surface area contributed by atoms with Crippen LogP contribution in [-0.2, 0) is 9.53 Å². The molecule has 5 nitrogen and oxygen atoms in total. The van der Waals surface area contributed by atoms with Crippen molar-refractivity contribution < 1.29 is 18.7 Å². The molecule has 2 amide bonds. The van der Waals surface area contributed by atoms with Gasteiger partial charge in [-0.3, -0.25) is 4.79 Å². The fourth-order valence-electron chi connectivity index (χ4n) is 1.87. The molecule has 1 N–H and O–H groups in total. The fourth-order valence-corrected chi connectivity index (χ4v) is 1.87. The molecule has 1 aromatic carbocycles. The number of imide groups is 1. The lowest BCUT2D eigenvalue weighted by Gasteiger charge is -2.17. The highest BCUT2D eigenvalue weighted by atomic mass is 19.1. The highest BCUT2D eigenvalue weighted by Gasteiger charge is 2.28. The van der Waals surface area contributed by atoms with Crippen LogP contribution in [0.5, 0.6) is 0 Å². The molecule has 1 atom stereocenters. The molecular weight excluding hydrogens is 251 g/mol. The molecule has 1 unspecified atom stereocenters. The van der Waals surface area contributed by atoms with E-state index in [0.29, 0.717) is 6.54 Å². The molecule has 19 heavy (non-hydrogen) atoms. The first-order valence-electron chi connectivity index (χ1n) is 6.05. The molecule has 102 valence electrons. The number of benzene rings is 1. The lowest BCUT2D eigenvalue weighted by Crippen LogP contribution is -2.35. The van der Waals surface area contributed by atoms with Crippen LogP contribution < -0.4 is 5.32 Å². The predicted octanol–water partition coefficient (Wildman–Crippen LogP) is 2.00. The second kappa shape index (κ2) is 5.69. The van der Waals surface area contributed by atoms with Crippen LogP contribution in [0.1, 0.15) is 13.3 Å². The van der Waals surface area contributed by atoms with Crippen molar-refractivity contribution >= 4 is 17.7 Å². The minimum absolute atomic E-state index is 0.161. The quantitative estimate of drug-likeness (QED) is 0.905. The van der Waals surface area contributed by atoms with Crippen LogP contribution in [-0.4, -0.2) is 36.1 Å². The van der Waals surface area contributed by atoms with Gasteiger partial charge in [-0.25, -0.2) is 14.1 Å². The predicted molar refractivity (Wildman–Crippen MR) is 67.2 cm³/mol. The number of nitrogens with one attached hydrogen (secondary N) is 1. The minimum Gasteiger partial charge on any atom is -0.447 e. The van der Waals surface area contributed by atoms with Crippen LogP contribution >= 0.6 is 0 Å². The van der Waals surface area contributed by atoms with Crippen LogP contribution in [0.3, 0.4) is 0 Å². The summed E-state index contributed by atoms with van der Waals surface area (Å²) in [7, 11) is 0. The van der Waals surface area contributed by atoms with Crippen LogP contribution in [0, 0.1) is 5.82 Å². The van der Waals surface area contributed by atoms with E-state index in [1.807, 2.05) is 6.92 Å². The summed E-state index contributed by atoms with van der Waals surface area (Å²) >= 11 is 0. The zero-order valence-electron chi connectivity index (χ0n) is 10.6. The van der Waals surface area contributed by atoms with Gasteiger partial charge in [0.15, 0.2) is 0 Å². The van der Waals surface area contributed by atoms with Crippen molar-refractivity contribution in [2.45, 2.75) is 19.4 Å². The van der Waals surface area contributed by atoms with Crippen molar-refractivity contribution in [2.24, 2.45) is 0 Å². The maximum atomic E-state index is 12.7. The molecule has 0 spiro atoms. The summed E-state index contributed by atoms with van der Waals surface area (Å²) in [5, 5.41) is 3.07.